The predicted molar refractivity (Wildman–Crippen MR) is 503 cm³/mol. The van der Waals surface area contributed by atoms with Gasteiger partial charge in [-0.1, -0.05) is 225 Å². The van der Waals surface area contributed by atoms with Crippen LogP contribution in [-0.2, 0) is 79.7 Å². The van der Waals surface area contributed by atoms with Gasteiger partial charge in [0.2, 0.25) is 11.2 Å². The average Bonchev–Trinajstić information content (AvgIpc) is 1.60. The van der Waals surface area contributed by atoms with Crippen LogP contribution in [-0.4, -0.2) is 35.0 Å². The van der Waals surface area contributed by atoms with Gasteiger partial charge < -0.3 is 15.1 Å². The maximum Gasteiger partial charge on any atom is 0.213 e. The molecule has 1 N–H and O–H groups in total. The van der Waals surface area contributed by atoms with E-state index in [4.69, 9.17) is 20.1 Å². The summed E-state index contributed by atoms with van der Waals surface area (Å²) in [7, 11) is 0. The molecule has 7 aromatic heterocycles. The van der Waals surface area contributed by atoms with Crippen molar-refractivity contribution in [2.45, 2.75) is 142 Å². The topological polar surface area (TPSA) is 101 Å². The van der Waals surface area contributed by atoms with Gasteiger partial charge in [0.05, 0.1) is 22.1 Å². The number of hydrogen-bond acceptors (Lipinski definition) is 7. The van der Waals surface area contributed by atoms with Gasteiger partial charge in [-0.15, -0.1) is 176 Å². The van der Waals surface area contributed by atoms with Gasteiger partial charge in [-0.25, -0.2) is 0 Å². The second-order valence-electron chi connectivity index (χ2n) is 32.6. The van der Waals surface area contributed by atoms with Gasteiger partial charge in [0.25, 0.3) is 0 Å². The minimum absolute atomic E-state index is 0. The number of rotatable bonds is 12. The number of aliphatic hydroxyl groups excluding tert-OH is 1. The summed E-state index contributed by atoms with van der Waals surface area (Å²) >= 11 is 0. The van der Waals surface area contributed by atoms with Crippen molar-refractivity contribution in [3.05, 3.63) is 407 Å². The number of benzene rings is 10. The Bertz CT molecular complexity index is 5990. The number of aromatic nitrogens is 7. The third kappa shape index (κ3) is 25.9. The van der Waals surface area contributed by atoms with Crippen molar-refractivity contribution in [2.75, 3.05) is 0 Å². The van der Waals surface area contributed by atoms with Gasteiger partial charge in [-0.05, 0) is 167 Å². The molecule has 1 aliphatic heterocycles. The largest absolute Gasteiger partial charge is 0.506 e. The van der Waals surface area contributed by atoms with Crippen molar-refractivity contribution in [3.63, 3.8) is 0 Å². The zero-order valence-corrected chi connectivity index (χ0v) is 80.6. The van der Waals surface area contributed by atoms with E-state index in [0.717, 1.165) is 109 Å². The van der Waals surface area contributed by atoms with Crippen LogP contribution in [0.15, 0.2) is 298 Å². The number of aryl methyl sites for hydroxylation is 8. The van der Waals surface area contributed by atoms with Crippen molar-refractivity contribution >= 4 is 49.4 Å². The van der Waals surface area contributed by atoms with Crippen molar-refractivity contribution in [1.29, 1.82) is 0 Å². The minimum atomic E-state index is 0. The molecule has 0 fully saturated rings. The molecular weight excluding hydrogens is 2040 g/mol. The number of aliphatic hydroxyl groups is 1. The molecule has 0 amide bonds. The van der Waals surface area contributed by atoms with Crippen LogP contribution in [0, 0.1) is 97.6 Å². The maximum atomic E-state index is 8.77. The third-order valence-electron chi connectivity index (χ3n) is 20.8. The van der Waals surface area contributed by atoms with Gasteiger partial charge in [-0.3, -0.25) is 19.9 Å². The molecule has 11 heteroatoms. The first-order chi connectivity index (χ1) is 57.9. The Hall–Kier alpha value is -11.2. The Morgan fingerprint density at radius 2 is 0.772 bits per heavy atom. The second kappa shape index (κ2) is 45.8. The van der Waals surface area contributed by atoms with Gasteiger partial charge >= 0.3 is 0 Å². The van der Waals surface area contributed by atoms with Crippen molar-refractivity contribution in [3.8, 4) is 67.5 Å². The van der Waals surface area contributed by atoms with E-state index in [9.17, 15) is 0 Å². The fourth-order valence-electron chi connectivity index (χ4n) is 15.5. The Balaban J connectivity index is 0.000000165. The number of fused-ring (bicyclic) bond motifs is 8. The monoisotopic (exact) mass is 2150 g/mol. The Morgan fingerprint density at radius 3 is 1.16 bits per heavy atom. The molecule has 0 saturated carbocycles. The summed E-state index contributed by atoms with van der Waals surface area (Å²) in [6, 6.07) is 110. The third-order valence-corrected chi connectivity index (χ3v) is 20.8. The molecule has 0 spiro atoms. The van der Waals surface area contributed by atoms with Crippen molar-refractivity contribution in [1.82, 2.24) is 29.9 Å². The van der Waals surface area contributed by atoms with Crippen LogP contribution in [0.1, 0.15) is 145 Å². The van der Waals surface area contributed by atoms with E-state index >= 15 is 0 Å². The first kappa shape index (κ1) is 95.6. The average molecular weight is 2150 g/mol. The van der Waals surface area contributed by atoms with Crippen LogP contribution in [0.4, 0.5) is 0 Å². The molecule has 0 saturated heterocycles. The molecule has 0 unspecified atom stereocenters. The van der Waals surface area contributed by atoms with E-state index in [1.807, 2.05) is 84.9 Å². The Kier molecular flexibility index (Phi) is 35.6. The molecule has 8 nitrogen and oxygen atoms in total. The molecule has 17 aromatic rings. The fraction of sp³-hybridized carbons (Fsp3) is 0.205. The van der Waals surface area contributed by atoms with E-state index in [0.29, 0.717) is 29.4 Å². The van der Waals surface area contributed by atoms with E-state index < -0.39 is 0 Å². The fourth-order valence-corrected chi connectivity index (χ4v) is 15.5. The zero-order valence-electron chi connectivity index (χ0n) is 73.4. The summed E-state index contributed by atoms with van der Waals surface area (Å²) < 4.78 is 2.48. The molecule has 629 valence electrons. The molecule has 0 atom stereocenters. The van der Waals surface area contributed by atoms with Crippen LogP contribution < -0.4 is 4.57 Å². The smallest absolute Gasteiger partial charge is 0.213 e. The molecule has 18 rings (SSSR count). The molecule has 0 aliphatic carbocycles. The van der Waals surface area contributed by atoms with Crippen LogP contribution >= 0.6 is 0 Å². The number of pyridine rings is 7. The van der Waals surface area contributed by atoms with Gasteiger partial charge in [0.15, 0.2) is 6.54 Å². The van der Waals surface area contributed by atoms with Crippen LogP contribution in [0.2, 0.25) is 0 Å². The Morgan fingerprint density at radius 1 is 0.374 bits per heavy atom. The maximum absolute atomic E-state index is 8.77. The standard InChI is InChI=1S/3C21H22N.C20H20N.2C11H8N.C7H7NO.3Ir/c1-13(2)16-6-5-7-20-17(16)8-9-21-18-11-14(3)10-15(4)19(18)12-22(20)21;2*1-14(2)10-17-6-5-7-21-19(17)8-9-20(22-21)18-12-15(3)11-16(4)13-18;1-13(2)17-6-5-7-20-18(17)8-9-19(21-20)16-11-14(3)10-15(4)12-16;2*1-2-6-10(7-3-1)11-8-4-5-9-12-11;1-6(9)7-4-2-3-5-8-7;;;/h5-11,13H,12H2,1-4H3;2*5-9,11-12,14H,10H2,1-4H3;5-11,13H,1-4H3;2*1-6,8-9H;2-5,9H,1H2;;;/q+1;5*-1;;;;. The summed E-state index contributed by atoms with van der Waals surface area (Å²) in [4.78, 5) is 26.8. The summed E-state index contributed by atoms with van der Waals surface area (Å²) in [6.45, 7) is 39.3. The molecule has 123 heavy (non-hydrogen) atoms. The SMILES string of the molecule is C=C(O)c1ccccn1.Cc1[c-]c(-c2ccc3c(C(C)C)cccc3n2)cc(C)c1.Cc1[c-]c(-c2ccc3c(CC(C)C)cccc3n2)cc(C)c1.Cc1[c-]c(-c2ccc3c(CC(C)C)cccc3n2)cc(C)c1.Cc1cc(C)c2c(c1)-c1ccc3c(C(C)C)cccc3[n+]1C2.[Ir].[Ir].[Ir].[c-]1ccccc1-c1ccccn1.[c-]1ccccc1-c1ccccn1. The molecule has 3 radical (unpaired) electrons. The first-order valence-corrected chi connectivity index (χ1v) is 41.7. The van der Waals surface area contributed by atoms with Crippen LogP contribution in [0.3, 0.4) is 0 Å². The number of hydrogen-bond donors (Lipinski definition) is 1. The van der Waals surface area contributed by atoms with E-state index in [1.54, 1.807) is 36.8 Å². The predicted octanol–water partition coefficient (Wildman–Crippen LogP) is 28.1. The first-order valence-electron chi connectivity index (χ1n) is 41.7. The summed E-state index contributed by atoms with van der Waals surface area (Å²) in [5.74, 6) is 2.37. The van der Waals surface area contributed by atoms with Crippen molar-refractivity contribution in [2.24, 2.45) is 11.8 Å². The summed E-state index contributed by atoms with van der Waals surface area (Å²) in [5, 5.41) is 13.9. The Labute approximate surface area is 770 Å². The van der Waals surface area contributed by atoms with E-state index in [1.165, 1.54) is 94.0 Å². The molecule has 10 aromatic carbocycles. The normalized spacial score (nSPS) is 10.8. The van der Waals surface area contributed by atoms with E-state index in [2.05, 4.69) is 337 Å². The minimum Gasteiger partial charge on any atom is -0.506 e. The van der Waals surface area contributed by atoms with Crippen LogP contribution in [0.5, 0.6) is 0 Å². The van der Waals surface area contributed by atoms with Gasteiger partial charge in [0.1, 0.15) is 11.5 Å². The van der Waals surface area contributed by atoms with Crippen LogP contribution in [0.25, 0.3) is 117 Å². The molecule has 8 heterocycles. The van der Waals surface area contributed by atoms with Crippen molar-refractivity contribution < 1.29 is 70.0 Å². The van der Waals surface area contributed by atoms with Gasteiger partial charge in [0, 0.05) is 118 Å². The molecule has 1 aliphatic rings. The number of nitrogens with zero attached hydrogens (tertiary/aromatic N) is 7. The molecular formula is C112H109Ir3N7O-4. The summed E-state index contributed by atoms with van der Waals surface area (Å²) in [6.07, 6.45) is 7.37. The second-order valence-corrected chi connectivity index (χ2v) is 32.6. The van der Waals surface area contributed by atoms with E-state index in [-0.39, 0.29) is 66.1 Å². The zero-order chi connectivity index (χ0) is 84.9. The van der Waals surface area contributed by atoms with Gasteiger partial charge in [-0.2, -0.15) is 4.57 Å². The summed E-state index contributed by atoms with van der Waals surface area (Å²) in [5.41, 5.74) is 35.1. The quantitative estimate of drug-likeness (QED) is 0.0739. The molecule has 0 bridgehead atoms.